The molecule has 2 aromatic heterocycles. The Morgan fingerprint density at radius 3 is 2.74 bits per heavy atom. The van der Waals surface area contributed by atoms with Crippen molar-refractivity contribution in [1.29, 1.82) is 0 Å². The number of ether oxygens (including phenoxy) is 1. The second kappa shape index (κ2) is 8.35. The smallest absolute Gasteiger partial charge is 0.390 e. The molecule has 4 rings (SSSR count). The summed E-state index contributed by atoms with van der Waals surface area (Å²) in [7, 11) is -4.73. The van der Waals surface area contributed by atoms with Crippen LogP contribution in [0.25, 0.3) is 23.3 Å². The second-order valence-corrected chi connectivity index (χ2v) is 8.17. The number of aliphatic hydroxyl groups excluding tert-OH is 1. The van der Waals surface area contributed by atoms with Crippen molar-refractivity contribution in [3.8, 4) is 0 Å². The molecular weight excluding hydrogens is 429 g/mol. The zero-order valence-electron chi connectivity index (χ0n) is 16.0. The first-order valence-corrected chi connectivity index (χ1v) is 10.8. The first-order chi connectivity index (χ1) is 14.7. The second-order valence-electron chi connectivity index (χ2n) is 6.93. The molecule has 0 aliphatic carbocycles. The van der Waals surface area contributed by atoms with Gasteiger partial charge < -0.3 is 25.4 Å². The van der Waals surface area contributed by atoms with Crippen molar-refractivity contribution in [3.63, 3.8) is 0 Å². The van der Waals surface area contributed by atoms with Gasteiger partial charge in [0.15, 0.2) is 11.2 Å². The number of phosphoric acid groups is 1. The maximum atomic E-state index is 12.3. The highest BCUT2D eigenvalue weighted by atomic mass is 31.2. The minimum atomic E-state index is -4.73. The lowest BCUT2D eigenvalue weighted by atomic mass is 10.2. The summed E-state index contributed by atoms with van der Waals surface area (Å²) in [4.78, 5) is 41.0. The number of nitrogens with two attached hydrogens (primary N) is 1. The van der Waals surface area contributed by atoms with Gasteiger partial charge in [-0.1, -0.05) is 36.4 Å². The third-order valence-electron chi connectivity index (χ3n) is 4.72. The van der Waals surface area contributed by atoms with Crippen LogP contribution in [-0.4, -0.2) is 53.2 Å². The first-order valence-electron chi connectivity index (χ1n) is 9.26. The summed E-state index contributed by atoms with van der Waals surface area (Å²) in [6.07, 6.45) is 0.618. The van der Waals surface area contributed by atoms with E-state index in [1.54, 1.807) is 12.2 Å². The quantitative estimate of drug-likeness (QED) is 0.334. The van der Waals surface area contributed by atoms with E-state index in [-0.39, 0.29) is 23.5 Å². The monoisotopic (exact) mass is 449 g/mol. The summed E-state index contributed by atoms with van der Waals surface area (Å²) in [6, 6.07) is 9.40. The molecule has 3 heterocycles. The van der Waals surface area contributed by atoms with E-state index in [1.165, 1.54) is 4.57 Å². The molecule has 0 spiro atoms. The Kier molecular flexibility index (Phi) is 5.75. The number of nitrogen functional groups attached to an aromatic ring is 1. The van der Waals surface area contributed by atoms with Gasteiger partial charge in [0, 0.05) is 6.42 Å². The predicted molar refractivity (Wildman–Crippen MR) is 110 cm³/mol. The van der Waals surface area contributed by atoms with Gasteiger partial charge in [-0.15, -0.1) is 0 Å². The normalized spacial score (nSPS) is 22.0. The molecule has 12 nitrogen and oxygen atoms in total. The van der Waals surface area contributed by atoms with Gasteiger partial charge in [-0.25, -0.2) is 9.55 Å². The summed E-state index contributed by atoms with van der Waals surface area (Å²) in [5.41, 5.74) is 6.25. The number of hydrogen-bond acceptors (Lipinski definition) is 8. The van der Waals surface area contributed by atoms with E-state index in [0.29, 0.717) is 5.82 Å². The minimum Gasteiger partial charge on any atom is -0.390 e. The van der Waals surface area contributed by atoms with Gasteiger partial charge in [0.05, 0.1) is 12.7 Å². The Hall–Kier alpha value is -2.86. The molecule has 6 N–H and O–H groups in total. The number of imidazole rings is 1. The number of aliphatic hydroxyl groups is 1. The molecule has 13 heteroatoms. The van der Waals surface area contributed by atoms with Crippen molar-refractivity contribution in [2.45, 2.75) is 24.9 Å². The van der Waals surface area contributed by atoms with Crippen LogP contribution in [-0.2, 0) is 13.8 Å². The number of nitrogens with zero attached hydrogens (tertiary/aromatic N) is 3. The third-order valence-corrected chi connectivity index (χ3v) is 5.21. The summed E-state index contributed by atoms with van der Waals surface area (Å²) in [5, 5.41) is 10.3. The maximum absolute atomic E-state index is 12.3. The van der Waals surface area contributed by atoms with E-state index in [9.17, 15) is 14.5 Å². The number of anilines is 1. The SMILES string of the molecule is Nc1nc2c(nc(/C=C/c3ccccc3)n2[C@H]2C[C@H](O)[C@@H](COP(=O)(O)O)O2)c(=O)[nH]1. The summed E-state index contributed by atoms with van der Waals surface area (Å²) >= 11 is 0. The number of phosphoric ester groups is 1. The average molecular weight is 449 g/mol. The number of fused-ring (bicyclic) bond motifs is 1. The molecule has 0 radical (unpaired) electrons. The maximum Gasteiger partial charge on any atom is 0.469 e. The lowest BCUT2D eigenvalue weighted by Gasteiger charge is -2.17. The predicted octanol–water partition coefficient (Wildman–Crippen LogP) is 0.630. The van der Waals surface area contributed by atoms with E-state index in [2.05, 4.69) is 19.5 Å². The van der Waals surface area contributed by atoms with Crippen LogP contribution in [0.1, 0.15) is 24.0 Å². The van der Waals surface area contributed by atoms with Gasteiger partial charge in [-0.2, -0.15) is 4.98 Å². The number of nitrogens with one attached hydrogen (secondary N) is 1. The number of rotatable bonds is 6. The van der Waals surface area contributed by atoms with Crippen LogP contribution >= 0.6 is 7.82 Å². The molecule has 1 saturated heterocycles. The number of aromatic amines is 1. The summed E-state index contributed by atoms with van der Waals surface area (Å²) in [6.45, 7) is -0.514. The van der Waals surface area contributed by atoms with Crippen LogP contribution in [0.3, 0.4) is 0 Å². The molecule has 0 bridgehead atoms. The van der Waals surface area contributed by atoms with Gasteiger partial charge in [0.1, 0.15) is 18.2 Å². The minimum absolute atomic E-state index is 0.0370. The van der Waals surface area contributed by atoms with Crippen molar-refractivity contribution in [3.05, 3.63) is 52.1 Å². The molecule has 0 unspecified atom stereocenters. The van der Waals surface area contributed by atoms with Crippen LogP contribution in [0.2, 0.25) is 0 Å². The highest BCUT2D eigenvalue weighted by molar-refractivity contribution is 7.46. The Balaban J connectivity index is 1.72. The molecular formula is C18H20N5O7P. The Morgan fingerprint density at radius 2 is 2.03 bits per heavy atom. The van der Waals surface area contributed by atoms with Gasteiger partial charge >= 0.3 is 7.82 Å². The largest absolute Gasteiger partial charge is 0.469 e. The number of benzene rings is 1. The van der Waals surface area contributed by atoms with Crippen LogP contribution in [0.15, 0.2) is 35.1 Å². The highest BCUT2D eigenvalue weighted by Gasteiger charge is 2.38. The lowest BCUT2D eigenvalue weighted by Crippen LogP contribution is -2.26. The number of H-pyrrole nitrogens is 1. The zero-order chi connectivity index (χ0) is 22.2. The van der Waals surface area contributed by atoms with Gasteiger partial charge in [-0.05, 0) is 11.6 Å². The number of aromatic nitrogens is 4. The Bertz CT molecular complexity index is 1220. The topological polar surface area (TPSA) is 186 Å². The van der Waals surface area contributed by atoms with E-state index in [0.717, 1.165) is 5.56 Å². The van der Waals surface area contributed by atoms with Crippen molar-refractivity contribution in [2.24, 2.45) is 0 Å². The fraction of sp³-hybridized carbons (Fsp3) is 0.278. The fourth-order valence-electron chi connectivity index (χ4n) is 3.35. The molecule has 0 saturated carbocycles. The summed E-state index contributed by atoms with van der Waals surface area (Å²) < 4.78 is 22.7. The van der Waals surface area contributed by atoms with E-state index < -0.39 is 38.4 Å². The Morgan fingerprint density at radius 1 is 1.29 bits per heavy atom. The molecule has 1 aliphatic rings. The van der Waals surface area contributed by atoms with E-state index in [4.69, 9.17) is 20.3 Å². The Labute approximate surface area is 175 Å². The standard InChI is InChI=1S/C18H20N5O7P/c19-18-21-16-15(17(25)22-18)20-13(7-6-10-4-2-1-3-5-10)23(16)14-8-11(24)12(30-14)9-29-31(26,27)28/h1-7,11-12,14,24H,8-9H2,(H2,26,27,28)(H3,19,21,22,25)/b7-6+/t11-,12+,14+/m0/s1. The van der Waals surface area contributed by atoms with Crippen molar-refractivity contribution >= 4 is 37.1 Å². The first kappa shape index (κ1) is 21.4. The lowest BCUT2D eigenvalue weighted by molar-refractivity contribution is -0.0426. The van der Waals surface area contributed by atoms with Crippen molar-refractivity contribution < 1.29 is 28.7 Å². The number of hydrogen-bond donors (Lipinski definition) is 5. The molecule has 1 aliphatic heterocycles. The van der Waals surface area contributed by atoms with Crippen LogP contribution in [0, 0.1) is 0 Å². The average Bonchev–Trinajstić information content (AvgIpc) is 3.25. The zero-order valence-corrected chi connectivity index (χ0v) is 16.9. The van der Waals surface area contributed by atoms with Crippen LogP contribution < -0.4 is 11.3 Å². The molecule has 0 amide bonds. The molecule has 3 aromatic rings. The van der Waals surface area contributed by atoms with Gasteiger partial charge in [0.2, 0.25) is 5.95 Å². The molecule has 1 fully saturated rings. The van der Waals surface area contributed by atoms with Gasteiger partial charge in [0.25, 0.3) is 5.56 Å². The van der Waals surface area contributed by atoms with E-state index in [1.807, 2.05) is 30.3 Å². The van der Waals surface area contributed by atoms with E-state index >= 15 is 0 Å². The molecule has 3 atom stereocenters. The highest BCUT2D eigenvalue weighted by Crippen LogP contribution is 2.39. The van der Waals surface area contributed by atoms with Crippen molar-refractivity contribution in [2.75, 3.05) is 12.3 Å². The van der Waals surface area contributed by atoms with Gasteiger partial charge in [-0.3, -0.25) is 18.9 Å². The molecule has 164 valence electrons. The van der Waals surface area contributed by atoms with Crippen LogP contribution in [0.5, 0.6) is 0 Å². The summed E-state index contributed by atoms with van der Waals surface area (Å²) in [5.74, 6) is 0.216. The molecule has 31 heavy (non-hydrogen) atoms. The third kappa shape index (κ3) is 4.74. The molecule has 1 aromatic carbocycles. The fourth-order valence-corrected chi connectivity index (χ4v) is 3.69. The van der Waals surface area contributed by atoms with Crippen LogP contribution in [0.4, 0.5) is 5.95 Å². The van der Waals surface area contributed by atoms with Crippen molar-refractivity contribution in [1.82, 2.24) is 19.5 Å².